The zero-order valence-corrected chi connectivity index (χ0v) is 12.8. The van der Waals surface area contributed by atoms with Crippen molar-refractivity contribution >= 4 is 23.2 Å². The fourth-order valence-electron chi connectivity index (χ4n) is 2.47. The second-order valence-corrected chi connectivity index (χ2v) is 5.77. The lowest BCUT2D eigenvalue weighted by Gasteiger charge is -2.12. The molecule has 0 spiro atoms. The number of halogens is 2. The molecular formula is C16H15ClFN3O2. The fourth-order valence-corrected chi connectivity index (χ4v) is 2.64. The first-order valence-corrected chi connectivity index (χ1v) is 7.46. The van der Waals surface area contributed by atoms with E-state index in [1.165, 1.54) is 30.3 Å². The number of hydrazine groups is 1. The monoisotopic (exact) mass is 335 g/mol. The molecule has 1 aliphatic heterocycles. The number of anilines is 1. The van der Waals surface area contributed by atoms with Crippen molar-refractivity contribution in [3.05, 3.63) is 58.9 Å². The minimum atomic E-state index is -0.483. The Bertz CT molecular complexity index is 724. The van der Waals surface area contributed by atoms with Gasteiger partial charge >= 0.3 is 0 Å². The Morgan fingerprint density at radius 2 is 1.96 bits per heavy atom. The number of hydrogen-bond donors (Lipinski definition) is 4. The predicted molar refractivity (Wildman–Crippen MR) is 85.6 cm³/mol. The van der Waals surface area contributed by atoms with Crippen LogP contribution < -0.4 is 16.2 Å². The molecule has 0 aliphatic carbocycles. The van der Waals surface area contributed by atoms with Crippen LogP contribution >= 0.6 is 11.6 Å². The van der Waals surface area contributed by atoms with Gasteiger partial charge < -0.3 is 10.4 Å². The summed E-state index contributed by atoms with van der Waals surface area (Å²) in [7, 11) is 0. The van der Waals surface area contributed by atoms with E-state index in [0.717, 1.165) is 5.56 Å². The molecule has 1 heterocycles. The predicted octanol–water partition coefficient (Wildman–Crippen LogP) is 2.73. The van der Waals surface area contributed by atoms with Crippen molar-refractivity contribution in [3.8, 4) is 5.75 Å². The molecule has 0 bridgehead atoms. The van der Waals surface area contributed by atoms with E-state index in [9.17, 15) is 14.3 Å². The maximum Gasteiger partial charge on any atom is 0.243 e. The van der Waals surface area contributed by atoms with Crippen molar-refractivity contribution in [3.63, 3.8) is 0 Å². The van der Waals surface area contributed by atoms with Gasteiger partial charge in [0.15, 0.2) is 0 Å². The maximum atomic E-state index is 13.0. The Morgan fingerprint density at radius 3 is 2.70 bits per heavy atom. The minimum absolute atomic E-state index is 0.0520. The van der Waals surface area contributed by atoms with E-state index in [4.69, 9.17) is 11.6 Å². The molecule has 2 aromatic rings. The zero-order chi connectivity index (χ0) is 16.4. The molecule has 0 radical (unpaired) electrons. The highest BCUT2D eigenvalue weighted by Crippen LogP contribution is 2.28. The van der Waals surface area contributed by atoms with Crippen LogP contribution in [0.25, 0.3) is 0 Å². The lowest BCUT2D eigenvalue weighted by atomic mass is 10.0. The number of carbonyl (C=O) groups excluding carboxylic acids is 1. The lowest BCUT2D eigenvalue weighted by Crippen LogP contribution is -2.39. The van der Waals surface area contributed by atoms with E-state index < -0.39 is 6.04 Å². The molecule has 1 saturated heterocycles. The third kappa shape index (κ3) is 3.61. The summed E-state index contributed by atoms with van der Waals surface area (Å²) in [6.45, 7) is 0. The Balaban J connectivity index is 1.65. The smallest absolute Gasteiger partial charge is 0.243 e. The van der Waals surface area contributed by atoms with Crippen molar-refractivity contribution in [1.82, 2.24) is 10.9 Å². The Morgan fingerprint density at radius 1 is 1.22 bits per heavy atom. The highest BCUT2D eigenvalue weighted by molar-refractivity contribution is 6.31. The molecule has 4 N–H and O–H groups in total. The van der Waals surface area contributed by atoms with Gasteiger partial charge in [0.2, 0.25) is 5.91 Å². The Kier molecular flexibility index (Phi) is 4.47. The highest BCUT2D eigenvalue weighted by atomic mass is 35.5. The SMILES string of the molecule is O=C(Nc1cc(Cl)ccc1O)C1CC(c2ccc(F)cc2)NN1. The highest BCUT2D eigenvalue weighted by Gasteiger charge is 2.30. The van der Waals surface area contributed by atoms with Gasteiger partial charge in [0, 0.05) is 11.1 Å². The van der Waals surface area contributed by atoms with E-state index >= 15 is 0 Å². The number of benzene rings is 2. The van der Waals surface area contributed by atoms with E-state index in [1.807, 2.05) is 0 Å². The summed E-state index contributed by atoms with van der Waals surface area (Å²) in [5.74, 6) is -0.645. The normalized spacial score (nSPS) is 20.4. The second-order valence-electron chi connectivity index (χ2n) is 5.33. The van der Waals surface area contributed by atoms with Crippen LogP contribution in [0, 0.1) is 5.82 Å². The number of nitrogens with one attached hydrogen (secondary N) is 3. The minimum Gasteiger partial charge on any atom is -0.506 e. The van der Waals surface area contributed by atoms with Gasteiger partial charge in [0.1, 0.15) is 17.6 Å². The molecule has 0 aromatic heterocycles. The molecule has 120 valence electrons. The number of hydrogen-bond acceptors (Lipinski definition) is 4. The van der Waals surface area contributed by atoms with Gasteiger partial charge in [-0.15, -0.1) is 0 Å². The molecule has 3 rings (SSSR count). The van der Waals surface area contributed by atoms with E-state index in [1.54, 1.807) is 12.1 Å². The zero-order valence-electron chi connectivity index (χ0n) is 12.0. The van der Waals surface area contributed by atoms with Crippen molar-refractivity contribution in [2.45, 2.75) is 18.5 Å². The molecular weight excluding hydrogens is 321 g/mol. The summed E-state index contributed by atoms with van der Waals surface area (Å²) in [4.78, 5) is 12.3. The van der Waals surface area contributed by atoms with Gasteiger partial charge in [-0.1, -0.05) is 23.7 Å². The first-order valence-electron chi connectivity index (χ1n) is 7.09. The molecule has 23 heavy (non-hydrogen) atoms. The van der Waals surface area contributed by atoms with Gasteiger partial charge in [-0.2, -0.15) is 0 Å². The Hall–Kier alpha value is -2.15. The van der Waals surface area contributed by atoms with Crippen LogP contribution in [-0.4, -0.2) is 17.1 Å². The fraction of sp³-hybridized carbons (Fsp3) is 0.188. The first-order chi connectivity index (χ1) is 11.0. The van der Waals surface area contributed by atoms with Crippen LogP contribution in [0.1, 0.15) is 18.0 Å². The molecule has 0 saturated carbocycles. The molecule has 5 nitrogen and oxygen atoms in total. The maximum absolute atomic E-state index is 13.0. The number of carbonyl (C=O) groups is 1. The number of amides is 1. The van der Waals surface area contributed by atoms with Gasteiger partial charge in [-0.25, -0.2) is 15.2 Å². The van der Waals surface area contributed by atoms with Gasteiger partial charge in [0.05, 0.1) is 5.69 Å². The molecule has 1 amide bonds. The van der Waals surface area contributed by atoms with E-state index in [2.05, 4.69) is 16.2 Å². The summed E-state index contributed by atoms with van der Waals surface area (Å²) < 4.78 is 13.0. The topological polar surface area (TPSA) is 73.4 Å². The van der Waals surface area contributed by atoms with Crippen LogP contribution in [0.2, 0.25) is 5.02 Å². The van der Waals surface area contributed by atoms with Crippen LogP contribution in [0.4, 0.5) is 10.1 Å². The van der Waals surface area contributed by atoms with Crippen molar-refractivity contribution in [2.75, 3.05) is 5.32 Å². The second kappa shape index (κ2) is 6.54. The average molecular weight is 336 g/mol. The number of phenols is 1. The van der Waals surface area contributed by atoms with Crippen LogP contribution in [0.3, 0.4) is 0 Å². The summed E-state index contributed by atoms with van der Waals surface area (Å²) in [6.07, 6.45) is 0.499. The third-order valence-electron chi connectivity index (χ3n) is 3.71. The molecule has 1 aliphatic rings. The number of rotatable bonds is 3. The largest absolute Gasteiger partial charge is 0.506 e. The molecule has 2 unspecified atom stereocenters. The van der Waals surface area contributed by atoms with Crippen LogP contribution in [0.5, 0.6) is 5.75 Å². The van der Waals surface area contributed by atoms with Crippen LogP contribution in [0.15, 0.2) is 42.5 Å². The molecule has 2 atom stereocenters. The van der Waals surface area contributed by atoms with E-state index in [0.29, 0.717) is 11.4 Å². The van der Waals surface area contributed by atoms with Crippen LogP contribution in [-0.2, 0) is 4.79 Å². The quantitative estimate of drug-likeness (QED) is 0.651. The van der Waals surface area contributed by atoms with Crippen molar-refractivity contribution in [1.29, 1.82) is 0 Å². The summed E-state index contributed by atoms with van der Waals surface area (Å²) in [6, 6.07) is 9.97. The van der Waals surface area contributed by atoms with E-state index in [-0.39, 0.29) is 29.2 Å². The Labute approximate surface area is 137 Å². The molecule has 1 fully saturated rings. The third-order valence-corrected chi connectivity index (χ3v) is 3.94. The van der Waals surface area contributed by atoms with Gasteiger partial charge in [0.25, 0.3) is 0 Å². The van der Waals surface area contributed by atoms with Crippen molar-refractivity contribution in [2.24, 2.45) is 0 Å². The summed E-state index contributed by atoms with van der Waals surface area (Å²) >= 11 is 5.85. The van der Waals surface area contributed by atoms with Gasteiger partial charge in [-0.3, -0.25) is 4.79 Å². The number of phenolic OH excluding ortho intramolecular Hbond substituents is 1. The number of aromatic hydroxyl groups is 1. The molecule has 7 heteroatoms. The van der Waals surface area contributed by atoms with Gasteiger partial charge in [-0.05, 0) is 42.3 Å². The summed E-state index contributed by atoms with van der Waals surface area (Å²) in [5.41, 5.74) is 7.06. The lowest BCUT2D eigenvalue weighted by molar-refractivity contribution is -0.117. The first kappa shape index (κ1) is 15.7. The summed E-state index contributed by atoms with van der Waals surface area (Å²) in [5, 5.41) is 12.8. The average Bonchev–Trinajstić information content (AvgIpc) is 3.02. The molecule has 2 aromatic carbocycles. The van der Waals surface area contributed by atoms with Crippen molar-refractivity contribution < 1.29 is 14.3 Å². The standard InChI is InChI=1S/C16H15ClFN3O2/c17-10-3-6-15(22)13(7-10)19-16(23)14-8-12(20-21-14)9-1-4-11(18)5-2-9/h1-7,12,14,20-22H,8H2,(H,19,23).